The molecule has 0 bridgehead atoms. The monoisotopic (exact) mass is 390 g/mol. The summed E-state index contributed by atoms with van der Waals surface area (Å²) in [6.07, 6.45) is 3.03. The molecule has 0 aliphatic heterocycles. The smallest absolute Gasteiger partial charge is 0.293 e. The van der Waals surface area contributed by atoms with Gasteiger partial charge in [0.05, 0.1) is 10.5 Å². The van der Waals surface area contributed by atoms with E-state index in [-0.39, 0.29) is 41.7 Å². The zero-order valence-corrected chi connectivity index (χ0v) is 15.4. The van der Waals surface area contributed by atoms with Crippen LogP contribution in [0.4, 0.5) is 11.4 Å². The quantitative estimate of drug-likeness (QED) is 0.264. The molecule has 1 aromatic heterocycles. The summed E-state index contributed by atoms with van der Waals surface area (Å²) in [5.41, 5.74) is 1.20. The van der Waals surface area contributed by atoms with E-state index in [2.05, 4.69) is 15.6 Å². The number of nitro benzene ring substituents is 1. The molecule has 0 radical (unpaired) electrons. The number of amides is 1. The normalized spacial score (nSPS) is 10.2. The number of hydrogen-bond donors (Lipinski definition) is 2. The number of nitrogens with zero attached hydrogens (tertiary/aromatic N) is 2. The summed E-state index contributed by atoms with van der Waals surface area (Å²) in [6.45, 7) is 0.536. The van der Waals surface area contributed by atoms with Gasteiger partial charge in [0.25, 0.3) is 11.6 Å². The maximum Gasteiger partial charge on any atom is 0.293 e. The van der Waals surface area contributed by atoms with Gasteiger partial charge in [0, 0.05) is 42.7 Å². The van der Waals surface area contributed by atoms with E-state index in [9.17, 15) is 19.7 Å². The Balaban J connectivity index is 1.64. The second-order valence-electron chi connectivity index (χ2n) is 6.11. The predicted octanol–water partition coefficient (Wildman–Crippen LogP) is 3.06. The molecule has 146 valence electrons. The first-order valence-corrected chi connectivity index (χ1v) is 8.86. The van der Waals surface area contributed by atoms with Crippen molar-refractivity contribution in [3.63, 3.8) is 0 Å². The van der Waals surface area contributed by atoms with Crippen molar-refractivity contribution < 1.29 is 14.5 Å². The van der Waals surface area contributed by atoms with Crippen molar-refractivity contribution in [1.29, 1.82) is 0 Å². The van der Waals surface area contributed by atoms with Crippen molar-refractivity contribution >= 4 is 23.1 Å². The van der Waals surface area contributed by atoms with Crippen molar-refractivity contribution in [3.05, 3.63) is 99.9 Å². The number of carbonyl (C=O) groups excluding carboxylic acids is 2. The van der Waals surface area contributed by atoms with Crippen molar-refractivity contribution in [2.75, 3.05) is 18.4 Å². The number of nitro groups is 1. The Morgan fingerprint density at radius 1 is 0.931 bits per heavy atom. The third-order valence-corrected chi connectivity index (χ3v) is 4.14. The SMILES string of the molecule is O=C(NCCNc1ccc(C(=O)c2ccccc2)cc1[N+](=O)[O-])c1cccnc1. The topological polar surface area (TPSA) is 114 Å². The van der Waals surface area contributed by atoms with Crippen molar-refractivity contribution in [2.24, 2.45) is 0 Å². The van der Waals surface area contributed by atoms with Crippen LogP contribution in [0.3, 0.4) is 0 Å². The maximum absolute atomic E-state index is 12.5. The number of benzene rings is 2. The van der Waals surface area contributed by atoms with Crippen molar-refractivity contribution in [2.45, 2.75) is 0 Å². The summed E-state index contributed by atoms with van der Waals surface area (Å²) < 4.78 is 0. The van der Waals surface area contributed by atoms with E-state index in [4.69, 9.17) is 0 Å². The summed E-state index contributed by atoms with van der Waals surface area (Å²) in [5.74, 6) is -0.567. The lowest BCUT2D eigenvalue weighted by Gasteiger charge is -2.10. The molecular formula is C21H18N4O4. The van der Waals surface area contributed by atoms with E-state index in [1.54, 1.807) is 54.7 Å². The van der Waals surface area contributed by atoms with Crippen LogP contribution in [0.2, 0.25) is 0 Å². The summed E-state index contributed by atoms with van der Waals surface area (Å²) in [5, 5.41) is 17.1. The third kappa shape index (κ3) is 5.01. The summed E-state index contributed by atoms with van der Waals surface area (Å²) in [7, 11) is 0. The minimum atomic E-state index is -0.543. The van der Waals surface area contributed by atoms with Gasteiger partial charge in [-0.1, -0.05) is 30.3 Å². The van der Waals surface area contributed by atoms with Gasteiger partial charge in [-0.2, -0.15) is 0 Å². The Morgan fingerprint density at radius 2 is 1.69 bits per heavy atom. The molecule has 0 atom stereocenters. The molecule has 0 unspecified atom stereocenters. The molecule has 2 N–H and O–H groups in total. The molecule has 1 amide bonds. The molecule has 0 spiro atoms. The van der Waals surface area contributed by atoms with Gasteiger partial charge in [0.15, 0.2) is 5.78 Å². The summed E-state index contributed by atoms with van der Waals surface area (Å²) in [4.78, 5) is 39.2. The zero-order chi connectivity index (χ0) is 20.6. The lowest BCUT2D eigenvalue weighted by molar-refractivity contribution is -0.384. The van der Waals surface area contributed by atoms with E-state index in [1.807, 2.05) is 0 Å². The molecule has 0 aliphatic carbocycles. The highest BCUT2D eigenvalue weighted by atomic mass is 16.6. The van der Waals surface area contributed by atoms with E-state index in [0.29, 0.717) is 11.1 Å². The summed E-state index contributed by atoms with van der Waals surface area (Å²) >= 11 is 0. The van der Waals surface area contributed by atoms with Crippen LogP contribution in [0.25, 0.3) is 0 Å². The number of carbonyl (C=O) groups is 2. The number of ketones is 1. The minimum Gasteiger partial charge on any atom is -0.378 e. The summed E-state index contributed by atoms with van der Waals surface area (Å²) in [6, 6.07) is 16.2. The first-order chi connectivity index (χ1) is 14.1. The first kappa shape index (κ1) is 19.7. The van der Waals surface area contributed by atoms with Crippen LogP contribution in [0.1, 0.15) is 26.3 Å². The number of nitrogens with one attached hydrogen (secondary N) is 2. The van der Waals surface area contributed by atoms with Gasteiger partial charge in [-0.15, -0.1) is 0 Å². The molecule has 0 fully saturated rings. The second kappa shape index (κ2) is 9.23. The fourth-order valence-electron chi connectivity index (χ4n) is 2.70. The van der Waals surface area contributed by atoms with Crippen LogP contribution in [-0.2, 0) is 0 Å². The molecule has 8 nitrogen and oxygen atoms in total. The first-order valence-electron chi connectivity index (χ1n) is 8.86. The lowest BCUT2D eigenvalue weighted by atomic mass is 10.0. The number of anilines is 1. The van der Waals surface area contributed by atoms with Crippen LogP contribution < -0.4 is 10.6 Å². The van der Waals surface area contributed by atoms with Gasteiger partial charge in [-0.25, -0.2) is 0 Å². The molecule has 2 aromatic carbocycles. The van der Waals surface area contributed by atoms with Gasteiger partial charge in [-0.3, -0.25) is 24.7 Å². The molecule has 1 heterocycles. The van der Waals surface area contributed by atoms with Crippen LogP contribution in [0.5, 0.6) is 0 Å². The van der Waals surface area contributed by atoms with Gasteiger partial charge in [0.2, 0.25) is 0 Å². The molecule has 0 aliphatic rings. The average molecular weight is 390 g/mol. The predicted molar refractivity (Wildman–Crippen MR) is 108 cm³/mol. The third-order valence-electron chi connectivity index (χ3n) is 4.14. The molecule has 0 saturated heterocycles. The fourth-order valence-corrected chi connectivity index (χ4v) is 2.70. The fraction of sp³-hybridized carbons (Fsp3) is 0.0952. The van der Waals surface area contributed by atoms with Crippen LogP contribution >= 0.6 is 0 Å². The molecular weight excluding hydrogens is 372 g/mol. The maximum atomic E-state index is 12.5. The van der Waals surface area contributed by atoms with Crippen LogP contribution in [0, 0.1) is 10.1 Å². The molecule has 0 saturated carbocycles. The van der Waals surface area contributed by atoms with Gasteiger partial charge in [-0.05, 0) is 24.3 Å². The lowest BCUT2D eigenvalue weighted by Crippen LogP contribution is -2.28. The molecule has 3 rings (SSSR count). The van der Waals surface area contributed by atoms with Crippen molar-refractivity contribution in [1.82, 2.24) is 10.3 Å². The largest absolute Gasteiger partial charge is 0.378 e. The minimum absolute atomic E-state index is 0.203. The van der Waals surface area contributed by atoms with E-state index in [0.717, 1.165) is 0 Å². The highest BCUT2D eigenvalue weighted by molar-refractivity contribution is 6.09. The van der Waals surface area contributed by atoms with Crippen molar-refractivity contribution in [3.8, 4) is 0 Å². The Hall–Kier alpha value is -4.07. The number of rotatable bonds is 8. The average Bonchev–Trinajstić information content (AvgIpc) is 2.77. The Bertz CT molecular complexity index is 1020. The molecule has 8 heteroatoms. The number of hydrogen-bond acceptors (Lipinski definition) is 6. The Kier molecular flexibility index (Phi) is 6.26. The van der Waals surface area contributed by atoms with Gasteiger partial charge in [0.1, 0.15) is 5.69 Å². The second-order valence-corrected chi connectivity index (χ2v) is 6.11. The van der Waals surface area contributed by atoms with Gasteiger partial charge >= 0.3 is 0 Å². The standard InChI is InChI=1S/C21H18N4O4/c26-20(15-5-2-1-3-6-15)16-8-9-18(19(13-16)25(28)29)23-11-12-24-21(27)17-7-4-10-22-14-17/h1-10,13-14,23H,11-12H2,(H,24,27). The molecule has 3 aromatic rings. The number of aromatic nitrogens is 1. The number of pyridine rings is 1. The van der Waals surface area contributed by atoms with Crippen LogP contribution in [-0.4, -0.2) is 34.7 Å². The van der Waals surface area contributed by atoms with E-state index >= 15 is 0 Å². The van der Waals surface area contributed by atoms with Gasteiger partial charge < -0.3 is 10.6 Å². The van der Waals surface area contributed by atoms with Crippen LogP contribution in [0.15, 0.2) is 73.1 Å². The Labute approximate surface area is 166 Å². The van der Waals surface area contributed by atoms with E-state index in [1.165, 1.54) is 18.3 Å². The highest BCUT2D eigenvalue weighted by Gasteiger charge is 2.18. The highest BCUT2D eigenvalue weighted by Crippen LogP contribution is 2.26. The zero-order valence-electron chi connectivity index (χ0n) is 15.4. The molecule has 29 heavy (non-hydrogen) atoms. The van der Waals surface area contributed by atoms with E-state index < -0.39 is 4.92 Å². The Morgan fingerprint density at radius 3 is 2.38 bits per heavy atom.